The van der Waals surface area contributed by atoms with Crippen LogP contribution in [-0.4, -0.2) is 16.6 Å². The lowest BCUT2D eigenvalue weighted by Crippen LogP contribution is -2.28. The number of ketones is 2. The maximum absolute atomic E-state index is 12.6. The van der Waals surface area contributed by atoms with Crippen molar-refractivity contribution in [2.75, 3.05) is 0 Å². The van der Waals surface area contributed by atoms with Gasteiger partial charge in [-0.15, -0.1) is 0 Å². The van der Waals surface area contributed by atoms with E-state index in [1.165, 1.54) is 11.8 Å². The summed E-state index contributed by atoms with van der Waals surface area (Å²) >= 11 is 1.28. The lowest BCUT2D eigenvalue weighted by atomic mass is 9.77. The first-order valence-corrected chi connectivity index (χ1v) is 7.65. The molecule has 0 aromatic carbocycles. The summed E-state index contributed by atoms with van der Waals surface area (Å²) < 4.78 is 0. The Labute approximate surface area is 129 Å². The molecule has 0 saturated carbocycles. The first-order chi connectivity index (χ1) is 9.73. The van der Waals surface area contributed by atoms with Gasteiger partial charge in [-0.3, -0.25) is 9.59 Å². The van der Waals surface area contributed by atoms with Crippen LogP contribution in [0.5, 0.6) is 0 Å². The smallest absolute Gasteiger partial charge is 0.196 e. The zero-order valence-corrected chi connectivity index (χ0v) is 13.8. The average Bonchev–Trinajstić information content (AvgIpc) is 2.42. The van der Waals surface area contributed by atoms with Crippen LogP contribution in [0.25, 0.3) is 0 Å². The Morgan fingerprint density at radius 3 is 2.14 bits per heavy atom. The number of Topliss-reactive ketones (excluding diaryl/α,β-unsaturated/α-hetero) is 2. The molecule has 0 unspecified atom stereocenters. The monoisotopic (exact) mass is 301 g/mol. The number of carbonyl (C=O) groups is 2. The molecule has 0 saturated heterocycles. The van der Waals surface area contributed by atoms with Crippen molar-refractivity contribution in [2.45, 2.75) is 39.6 Å². The third-order valence-corrected chi connectivity index (χ3v) is 4.54. The van der Waals surface area contributed by atoms with Crippen molar-refractivity contribution in [3.63, 3.8) is 0 Å². The molecule has 0 spiro atoms. The number of carbonyl (C=O) groups excluding carboxylic acids is 2. The van der Waals surface area contributed by atoms with E-state index >= 15 is 0 Å². The lowest BCUT2D eigenvalue weighted by molar-refractivity contribution is -0.116. The maximum Gasteiger partial charge on any atom is 0.196 e. The van der Waals surface area contributed by atoms with Gasteiger partial charge < -0.3 is 0 Å². The van der Waals surface area contributed by atoms with E-state index < -0.39 is 0 Å². The van der Waals surface area contributed by atoms with Crippen LogP contribution < -0.4 is 0 Å². The van der Waals surface area contributed by atoms with Crippen molar-refractivity contribution in [1.29, 1.82) is 0 Å². The Kier molecular flexibility index (Phi) is 4.19. The normalized spacial score (nSPS) is 16.8. The van der Waals surface area contributed by atoms with E-state index in [1.807, 2.05) is 39.0 Å². The number of hydrogen-bond acceptors (Lipinski definition) is 4. The highest BCUT2D eigenvalue weighted by Gasteiger charge is 2.36. The number of thioether (sulfide) groups is 1. The van der Waals surface area contributed by atoms with Gasteiger partial charge in [0.25, 0.3) is 0 Å². The van der Waals surface area contributed by atoms with E-state index in [9.17, 15) is 9.59 Å². The maximum atomic E-state index is 12.6. The number of pyridine rings is 1. The molecule has 1 aromatic heterocycles. The molecule has 21 heavy (non-hydrogen) atoms. The molecular formula is C17H19NO2S. The van der Waals surface area contributed by atoms with Crippen molar-refractivity contribution in [2.24, 2.45) is 5.41 Å². The summed E-state index contributed by atoms with van der Waals surface area (Å²) in [5, 5.41) is 0.725. The molecule has 0 aliphatic heterocycles. The van der Waals surface area contributed by atoms with Gasteiger partial charge in [0.2, 0.25) is 0 Å². The molecule has 0 N–H and O–H groups in total. The van der Waals surface area contributed by atoms with Crippen LogP contribution in [0.2, 0.25) is 0 Å². The van der Waals surface area contributed by atoms with Crippen molar-refractivity contribution >= 4 is 23.3 Å². The summed E-state index contributed by atoms with van der Waals surface area (Å²) in [5.41, 5.74) is 1.29. The van der Waals surface area contributed by atoms with Crippen LogP contribution in [0, 0.1) is 5.41 Å². The predicted molar refractivity (Wildman–Crippen MR) is 85.0 cm³/mol. The minimum Gasteiger partial charge on any atom is -0.289 e. The van der Waals surface area contributed by atoms with Gasteiger partial charge in [-0.1, -0.05) is 38.6 Å². The van der Waals surface area contributed by atoms with Gasteiger partial charge in [-0.2, -0.15) is 0 Å². The third-order valence-electron chi connectivity index (χ3n) is 3.50. The van der Waals surface area contributed by atoms with Gasteiger partial charge in [-0.25, -0.2) is 4.98 Å². The molecule has 110 valence electrons. The number of allylic oxidation sites excluding steroid dienone is 4. The number of aromatic nitrogens is 1. The Bertz CT molecular complexity index is 664. The first-order valence-electron chi connectivity index (χ1n) is 6.84. The predicted octanol–water partition coefficient (Wildman–Crippen LogP) is 3.96. The highest BCUT2D eigenvalue weighted by molar-refractivity contribution is 8.04. The zero-order chi connectivity index (χ0) is 15.8. The number of rotatable bonds is 2. The highest BCUT2D eigenvalue weighted by atomic mass is 32.2. The largest absolute Gasteiger partial charge is 0.289 e. The Morgan fingerprint density at radius 2 is 1.62 bits per heavy atom. The minimum absolute atomic E-state index is 0.0296. The molecule has 1 aliphatic rings. The van der Waals surface area contributed by atoms with E-state index in [1.54, 1.807) is 20.0 Å². The van der Waals surface area contributed by atoms with Gasteiger partial charge in [-0.05, 0) is 31.4 Å². The molecule has 0 amide bonds. The van der Waals surface area contributed by atoms with Crippen LogP contribution in [-0.2, 0) is 9.59 Å². The fourth-order valence-corrected chi connectivity index (χ4v) is 3.42. The summed E-state index contributed by atoms with van der Waals surface area (Å²) in [6, 6.07) is 5.54. The third kappa shape index (κ3) is 3.00. The van der Waals surface area contributed by atoms with E-state index in [0.717, 1.165) is 5.03 Å². The second-order valence-electron chi connectivity index (χ2n) is 6.13. The molecule has 2 rings (SSSR count). The molecule has 0 bridgehead atoms. The fourth-order valence-electron chi connectivity index (χ4n) is 2.21. The summed E-state index contributed by atoms with van der Waals surface area (Å²) in [6.07, 6.45) is 1.68. The second-order valence-corrected chi connectivity index (χ2v) is 7.16. The molecule has 0 fully saturated rings. The van der Waals surface area contributed by atoms with E-state index in [4.69, 9.17) is 0 Å². The van der Waals surface area contributed by atoms with Gasteiger partial charge in [0.05, 0.1) is 4.91 Å². The molecule has 0 radical (unpaired) electrons. The standard InChI is InChI=1S/C17H19NO2S/c1-10-11(2)15(20)16(13(14(10)19)17(3,4)5)21-12-8-6-7-9-18-12/h6-9H,1-5H3. The minimum atomic E-state index is -0.383. The SMILES string of the molecule is CC1=C(C)C(=O)C(C(C)(C)C)=C(Sc2ccccn2)C1=O. The van der Waals surface area contributed by atoms with Crippen LogP contribution in [0.15, 0.2) is 51.0 Å². The summed E-state index contributed by atoms with van der Waals surface area (Å²) in [6.45, 7) is 9.32. The van der Waals surface area contributed by atoms with E-state index in [0.29, 0.717) is 21.6 Å². The van der Waals surface area contributed by atoms with Crippen molar-refractivity contribution in [3.05, 3.63) is 46.0 Å². The van der Waals surface area contributed by atoms with Crippen LogP contribution in [0.3, 0.4) is 0 Å². The fraction of sp³-hybridized carbons (Fsp3) is 0.353. The molecule has 4 heteroatoms. The van der Waals surface area contributed by atoms with E-state index in [-0.39, 0.29) is 17.0 Å². The average molecular weight is 301 g/mol. The summed E-state index contributed by atoms with van der Waals surface area (Å²) in [5.74, 6) is -0.0919. The summed E-state index contributed by atoms with van der Waals surface area (Å²) in [7, 11) is 0. The Hall–Kier alpha value is -1.68. The van der Waals surface area contributed by atoms with Gasteiger partial charge in [0, 0.05) is 22.9 Å². The van der Waals surface area contributed by atoms with E-state index in [2.05, 4.69) is 4.98 Å². The Morgan fingerprint density at radius 1 is 1.00 bits per heavy atom. The quantitative estimate of drug-likeness (QED) is 0.776. The van der Waals surface area contributed by atoms with Crippen LogP contribution >= 0.6 is 11.8 Å². The molecule has 1 heterocycles. The van der Waals surface area contributed by atoms with Crippen LogP contribution in [0.4, 0.5) is 0 Å². The van der Waals surface area contributed by atoms with Crippen molar-refractivity contribution in [1.82, 2.24) is 4.98 Å². The molecule has 0 atom stereocenters. The number of nitrogens with zero attached hydrogens (tertiary/aromatic N) is 1. The lowest BCUT2D eigenvalue weighted by Gasteiger charge is -2.28. The molecular weight excluding hydrogens is 282 g/mol. The van der Waals surface area contributed by atoms with Crippen molar-refractivity contribution in [3.8, 4) is 0 Å². The first kappa shape index (κ1) is 15.7. The Balaban J connectivity index is 2.57. The zero-order valence-electron chi connectivity index (χ0n) is 13.0. The van der Waals surface area contributed by atoms with Crippen LogP contribution in [0.1, 0.15) is 34.6 Å². The van der Waals surface area contributed by atoms with Gasteiger partial charge >= 0.3 is 0 Å². The second kappa shape index (κ2) is 5.60. The molecule has 1 aliphatic carbocycles. The molecule has 1 aromatic rings. The summed E-state index contributed by atoms with van der Waals surface area (Å²) in [4.78, 5) is 30.0. The van der Waals surface area contributed by atoms with Crippen molar-refractivity contribution < 1.29 is 9.59 Å². The number of hydrogen-bond donors (Lipinski definition) is 0. The van der Waals surface area contributed by atoms with Gasteiger partial charge in [0.1, 0.15) is 5.03 Å². The topological polar surface area (TPSA) is 47.0 Å². The molecule has 3 nitrogen and oxygen atoms in total. The van der Waals surface area contributed by atoms with Gasteiger partial charge in [0.15, 0.2) is 11.6 Å². The highest BCUT2D eigenvalue weighted by Crippen LogP contribution is 2.42.